The molecule has 2 aliphatic rings. The van der Waals surface area contributed by atoms with Gasteiger partial charge < -0.3 is 9.30 Å². The maximum Gasteiger partial charge on any atom is 0.225 e. The quantitative estimate of drug-likeness (QED) is 0.385. The molecule has 4 heterocycles. The Labute approximate surface area is 185 Å². The highest BCUT2D eigenvalue weighted by Crippen LogP contribution is 2.34. The zero-order valence-electron chi connectivity index (χ0n) is 17.4. The predicted molar refractivity (Wildman–Crippen MR) is 120 cm³/mol. The normalized spacial score (nSPS) is 20.6. The number of hydrogen-bond acceptors (Lipinski definition) is 5. The summed E-state index contributed by atoms with van der Waals surface area (Å²) in [5.74, 6) is 0. The number of rotatable bonds is 3. The van der Waals surface area contributed by atoms with E-state index in [1.165, 1.54) is 37.6 Å². The molecule has 160 valence electrons. The van der Waals surface area contributed by atoms with Gasteiger partial charge in [0.1, 0.15) is 17.4 Å². The highest BCUT2D eigenvalue weighted by Gasteiger charge is 2.22. The average molecular weight is 437 g/mol. The summed E-state index contributed by atoms with van der Waals surface area (Å²) in [6.45, 7) is 0.760. The minimum atomic E-state index is -0.0498. The van der Waals surface area contributed by atoms with E-state index in [1.807, 2.05) is 10.9 Å². The minimum Gasteiger partial charge on any atom is -0.358 e. The first-order chi connectivity index (χ1) is 15.3. The lowest BCUT2D eigenvalue weighted by molar-refractivity contribution is -0.0298. The molecule has 0 radical (unpaired) electrons. The predicted octanol–water partition coefficient (Wildman–Crippen LogP) is 5.70. The molecule has 1 unspecified atom stereocenters. The fourth-order valence-corrected chi connectivity index (χ4v) is 5.24. The van der Waals surface area contributed by atoms with Gasteiger partial charge in [-0.3, -0.25) is 4.57 Å². The van der Waals surface area contributed by atoms with E-state index in [1.54, 1.807) is 6.33 Å². The van der Waals surface area contributed by atoms with Crippen LogP contribution in [0.15, 0.2) is 30.9 Å². The average Bonchev–Trinajstić information content (AvgIpc) is 3.43. The van der Waals surface area contributed by atoms with Crippen LogP contribution in [0.3, 0.4) is 0 Å². The molecule has 8 heteroatoms. The first kappa shape index (κ1) is 19.2. The molecular weight excluding hydrogens is 412 g/mol. The van der Waals surface area contributed by atoms with E-state index in [0.29, 0.717) is 6.04 Å². The highest BCUT2D eigenvalue weighted by atomic mass is 35.5. The van der Waals surface area contributed by atoms with Gasteiger partial charge >= 0.3 is 0 Å². The third-order valence-electron chi connectivity index (χ3n) is 6.68. The number of halogens is 1. The van der Waals surface area contributed by atoms with E-state index in [2.05, 4.69) is 37.7 Å². The number of benzene rings is 1. The van der Waals surface area contributed by atoms with Crippen LogP contribution < -0.4 is 0 Å². The van der Waals surface area contributed by atoms with Gasteiger partial charge in [-0.05, 0) is 55.8 Å². The summed E-state index contributed by atoms with van der Waals surface area (Å²) in [6.07, 6.45) is 13.3. The Morgan fingerprint density at radius 1 is 0.903 bits per heavy atom. The van der Waals surface area contributed by atoms with Crippen LogP contribution in [0.1, 0.15) is 63.6 Å². The van der Waals surface area contributed by atoms with Gasteiger partial charge in [-0.1, -0.05) is 25.3 Å². The standard InChI is InChI=1S/C23H25ClN6O/c24-23-27-20(21-22(28-23)30(14-26-21)19-8-4-5-11-31-19)15-9-10-18-17(12-15)25-13-29(18)16-6-2-1-3-7-16/h9-10,12-14,16,19H,1-8,11H2. The van der Waals surface area contributed by atoms with Crippen LogP contribution in [0.4, 0.5) is 0 Å². The summed E-state index contributed by atoms with van der Waals surface area (Å²) < 4.78 is 10.3. The summed E-state index contributed by atoms with van der Waals surface area (Å²) >= 11 is 6.34. The molecule has 1 saturated heterocycles. The molecule has 1 saturated carbocycles. The Bertz CT molecular complexity index is 1240. The third-order valence-corrected chi connectivity index (χ3v) is 6.85. The molecule has 0 bridgehead atoms. The minimum absolute atomic E-state index is 0.0498. The van der Waals surface area contributed by atoms with Crippen molar-refractivity contribution in [3.05, 3.63) is 36.1 Å². The van der Waals surface area contributed by atoms with Crippen LogP contribution in [0.5, 0.6) is 0 Å². The van der Waals surface area contributed by atoms with Gasteiger partial charge in [0.25, 0.3) is 0 Å². The molecule has 1 aliphatic heterocycles. The molecule has 1 aromatic carbocycles. The molecule has 1 aliphatic carbocycles. The van der Waals surface area contributed by atoms with E-state index in [-0.39, 0.29) is 11.5 Å². The molecule has 31 heavy (non-hydrogen) atoms. The van der Waals surface area contributed by atoms with Gasteiger partial charge in [-0.2, -0.15) is 4.98 Å². The van der Waals surface area contributed by atoms with Gasteiger partial charge in [-0.25, -0.2) is 15.0 Å². The lowest BCUT2D eigenvalue weighted by atomic mass is 9.95. The Kier molecular flexibility index (Phi) is 4.88. The zero-order valence-corrected chi connectivity index (χ0v) is 18.1. The van der Waals surface area contributed by atoms with Crippen molar-refractivity contribution in [1.82, 2.24) is 29.1 Å². The summed E-state index contributed by atoms with van der Waals surface area (Å²) in [5, 5.41) is 0.216. The summed E-state index contributed by atoms with van der Waals surface area (Å²) in [5.41, 5.74) is 5.29. The van der Waals surface area contributed by atoms with Crippen molar-refractivity contribution >= 4 is 33.8 Å². The van der Waals surface area contributed by atoms with E-state index in [9.17, 15) is 0 Å². The monoisotopic (exact) mass is 436 g/mol. The molecular formula is C23H25ClN6O. The molecule has 1 atom stereocenters. The van der Waals surface area contributed by atoms with E-state index >= 15 is 0 Å². The summed E-state index contributed by atoms with van der Waals surface area (Å²) in [4.78, 5) is 18.4. The number of hydrogen-bond donors (Lipinski definition) is 0. The maximum atomic E-state index is 6.34. The molecule has 4 aromatic rings. The van der Waals surface area contributed by atoms with Crippen LogP contribution in [-0.4, -0.2) is 35.7 Å². The second-order valence-corrected chi connectivity index (χ2v) is 8.97. The molecule has 6 rings (SSSR count). The first-order valence-corrected chi connectivity index (χ1v) is 11.6. The Hall–Kier alpha value is -2.51. The summed E-state index contributed by atoms with van der Waals surface area (Å²) in [7, 11) is 0. The fraction of sp³-hybridized carbons (Fsp3) is 0.478. The second-order valence-electron chi connectivity index (χ2n) is 8.63. The lowest BCUT2D eigenvalue weighted by Crippen LogP contribution is -2.17. The molecule has 0 amide bonds. The molecule has 3 aromatic heterocycles. The van der Waals surface area contributed by atoms with Crippen molar-refractivity contribution in [3.8, 4) is 11.3 Å². The smallest absolute Gasteiger partial charge is 0.225 e. The maximum absolute atomic E-state index is 6.34. The largest absolute Gasteiger partial charge is 0.358 e. The Balaban J connectivity index is 1.42. The van der Waals surface area contributed by atoms with E-state index in [4.69, 9.17) is 21.3 Å². The van der Waals surface area contributed by atoms with Gasteiger partial charge in [0.05, 0.1) is 23.7 Å². The van der Waals surface area contributed by atoms with Crippen LogP contribution in [-0.2, 0) is 4.74 Å². The van der Waals surface area contributed by atoms with Crippen LogP contribution in [0.2, 0.25) is 5.28 Å². The Morgan fingerprint density at radius 2 is 1.74 bits per heavy atom. The lowest BCUT2D eigenvalue weighted by Gasteiger charge is -2.23. The molecule has 2 fully saturated rings. The highest BCUT2D eigenvalue weighted by molar-refractivity contribution is 6.28. The van der Waals surface area contributed by atoms with Gasteiger partial charge in [-0.15, -0.1) is 0 Å². The number of fused-ring (bicyclic) bond motifs is 2. The van der Waals surface area contributed by atoms with E-state index in [0.717, 1.165) is 53.8 Å². The Morgan fingerprint density at radius 3 is 2.58 bits per heavy atom. The van der Waals surface area contributed by atoms with Crippen molar-refractivity contribution in [2.75, 3.05) is 6.61 Å². The number of aromatic nitrogens is 6. The first-order valence-electron chi connectivity index (χ1n) is 11.3. The van der Waals surface area contributed by atoms with Crippen molar-refractivity contribution in [2.24, 2.45) is 0 Å². The van der Waals surface area contributed by atoms with Crippen molar-refractivity contribution in [3.63, 3.8) is 0 Å². The second kappa shape index (κ2) is 7.88. The molecule has 0 N–H and O–H groups in total. The van der Waals surface area contributed by atoms with Crippen molar-refractivity contribution in [1.29, 1.82) is 0 Å². The van der Waals surface area contributed by atoms with Crippen LogP contribution >= 0.6 is 11.6 Å². The number of ether oxygens (including phenoxy) is 1. The van der Waals surface area contributed by atoms with E-state index < -0.39 is 0 Å². The molecule has 7 nitrogen and oxygen atoms in total. The van der Waals surface area contributed by atoms with Crippen LogP contribution in [0, 0.1) is 0 Å². The van der Waals surface area contributed by atoms with Crippen molar-refractivity contribution in [2.45, 2.75) is 63.6 Å². The summed E-state index contributed by atoms with van der Waals surface area (Å²) in [6, 6.07) is 6.88. The number of imidazole rings is 2. The molecule has 0 spiro atoms. The SMILES string of the molecule is Clc1nc(-c2ccc3c(c2)ncn3C2CCCCC2)c2ncn(C3CCCCO3)c2n1. The topological polar surface area (TPSA) is 70.7 Å². The van der Waals surface area contributed by atoms with Crippen molar-refractivity contribution < 1.29 is 4.74 Å². The van der Waals surface area contributed by atoms with Gasteiger partial charge in [0, 0.05) is 18.2 Å². The van der Waals surface area contributed by atoms with Gasteiger partial charge in [0.15, 0.2) is 5.65 Å². The number of nitrogens with zero attached hydrogens (tertiary/aromatic N) is 6. The zero-order chi connectivity index (χ0) is 20.8. The third kappa shape index (κ3) is 3.40. The van der Waals surface area contributed by atoms with Gasteiger partial charge in [0.2, 0.25) is 5.28 Å². The fourth-order valence-electron chi connectivity index (χ4n) is 5.07. The van der Waals surface area contributed by atoms with Crippen LogP contribution in [0.25, 0.3) is 33.5 Å².